The SMILES string of the molecule is COc1cc(/C=N/NC(=O)c2ccccc2[N+](=O)[O-])cc(Br)c1OC(=O)c1ccc(C)cc1. The van der Waals surface area contributed by atoms with Gasteiger partial charge < -0.3 is 9.47 Å². The van der Waals surface area contributed by atoms with Crippen LogP contribution in [0.15, 0.2) is 70.2 Å². The molecular formula is C23H18BrN3O6. The average molecular weight is 512 g/mol. The summed E-state index contributed by atoms with van der Waals surface area (Å²) in [6.07, 6.45) is 1.32. The Balaban J connectivity index is 1.76. The van der Waals surface area contributed by atoms with E-state index in [0.717, 1.165) is 5.56 Å². The molecular weight excluding hydrogens is 494 g/mol. The minimum Gasteiger partial charge on any atom is -0.493 e. The van der Waals surface area contributed by atoms with Gasteiger partial charge in [0.15, 0.2) is 11.5 Å². The molecule has 0 radical (unpaired) electrons. The number of aryl methyl sites for hydroxylation is 1. The van der Waals surface area contributed by atoms with Crippen molar-refractivity contribution in [2.75, 3.05) is 7.11 Å². The summed E-state index contributed by atoms with van der Waals surface area (Å²) in [5, 5.41) is 14.9. The Morgan fingerprint density at radius 3 is 2.48 bits per heavy atom. The fourth-order valence-electron chi connectivity index (χ4n) is 2.81. The van der Waals surface area contributed by atoms with Crippen LogP contribution >= 0.6 is 15.9 Å². The predicted octanol–water partition coefficient (Wildman–Crippen LogP) is 4.66. The van der Waals surface area contributed by atoms with E-state index in [1.807, 2.05) is 6.92 Å². The Kier molecular flexibility index (Phi) is 7.52. The summed E-state index contributed by atoms with van der Waals surface area (Å²) < 4.78 is 11.3. The molecule has 0 saturated heterocycles. The van der Waals surface area contributed by atoms with Crippen LogP contribution in [0.3, 0.4) is 0 Å². The second-order valence-corrected chi connectivity index (χ2v) is 7.62. The number of carbonyl (C=O) groups excluding carboxylic acids is 2. The van der Waals surface area contributed by atoms with Gasteiger partial charge in [-0.05, 0) is 58.7 Å². The van der Waals surface area contributed by atoms with Crippen molar-refractivity contribution in [3.8, 4) is 11.5 Å². The molecule has 0 unspecified atom stereocenters. The van der Waals surface area contributed by atoms with Gasteiger partial charge in [0.05, 0.1) is 28.3 Å². The number of hydrogen-bond acceptors (Lipinski definition) is 7. The lowest BCUT2D eigenvalue weighted by Gasteiger charge is -2.12. The maximum absolute atomic E-state index is 12.5. The van der Waals surface area contributed by atoms with E-state index in [0.29, 0.717) is 15.6 Å². The van der Waals surface area contributed by atoms with Gasteiger partial charge in [-0.25, -0.2) is 10.2 Å². The van der Waals surface area contributed by atoms with E-state index >= 15 is 0 Å². The highest BCUT2D eigenvalue weighted by atomic mass is 79.9. The summed E-state index contributed by atoms with van der Waals surface area (Å²) in [6.45, 7) is 1.92. The third kappa shape index (κ3) is 5.80. The maximum atomic E-state index is 12.5. The molecule has 0 atom stereocenters. The van der Waals surface area contributed by atoms with Crippen LogP contribution < -0.4 is 14.9 Å². The first-order valence-electron chi connectivity index (χ1n) is 9.53. The summed E-state index contributed by atoms with van der Waals surface area (Å²) in [5.41, 5.74) is 3.73. The van der Waals surface area contributed by atoms with E-state index in [-0.39, 0.29) is 22.7 Å². The Morgan fingerprint density at radius 1 is 1.12 bits per heavy atom. The quantitative estimate of drug-likeness (QED) is 0.162. The fraction of sp³-hybridized carbons (Fsp3) is 0.0870. The first-order chi connectivity index (χ1) is 15.8. The van der Waals surface area contributed by atoms with Gasteiger partial charge in [-0.2, -0.15) is 5.10 Å². The van der Waals surface area contributed by atoms with E-state index < -0.39 is 16.8 Å². The Morgan fingerprint density at radius 2 is 1.82 bits per heavy atom. The number of methoxy groups -OCH3 is 1. The molecule has 0 aliphatic heterocycles. The summed E-state index contributed by atoms with van der Waals surface area (Å²) in [4.78, 5) is 35.2. The van der Waals surface area contributed by atoms with Crippen LogP contribution in [-0.2, 0) is 0 Å². The Bertz CT molecular complexity index is 1240. The molecule has 1 amide bonds. The molecule has 3 aromatic rings. The number of hydrogen-bond donors (Lipinski definition) is 1. The number of amides is 1. The lowest BCUT2D eigenvalue weighted by molar-refractivity contribution is -0.385. The van der Waals surface area contributed by atoms with Crippen LogP contribution in [-0.4, -0.2) is 30.1 Å². The number of nitrogens with zero attached hydrogens (tertiary/aromatic N) is 2. The van der Waals surface area contributed by atoms with Crippen LogP contribution in [0.4, 0.5) is 5.69 Å². The number of nitrogens with one attached hydrogen (secondary N) is 1. The van der Waals surface area contributed by atoms with Gasteiger partial charge in [0, 0.05) is 6.07 Å². The van der Waals surface area contributed by atoms with Crippen molar-refractivity contribution < 1.29 is 24.0 Å². The topological polar surface area (TPSA) is 120 Å². The van der Waals surface area contributed by atoms with Crippen LogP contribution in [0.1, 0.15) is 31.8 Å². The molecule has 0 bridgehead atoms. The molecule has 0 fully saturated rings. The van der Waals surface area contributed by atoms with Crippen molar-refractivity contribution in [1.29, 1.82) is 0 Å². The highest BCUT2D eigenvalue weighted by Crippen LogP contribution is 2.37. The van der Waals surface area contributed by atoms with Gasteiger partial charge in [-0.3, -0.25) is 14.9 Å². The molecule has 1 N–H and O–H groups in total. The number of rotatable bonds is 7. The van der Waals surface area contributed by atoms with Crippen molar-refractivity contribution in [3.05, 3.63) is 97.5 Å². The number of nitro benzene ring substituents is 1. The van der Waals surface area contributed by atoms with E-state index in [2.05, 4.69) is 26.5 Å². The molecule has 0 heterocycles. The van der Waals surface area contributed by atoms with Crippen molar-refractivity contribution in [2.45, 2.75) is 6.92 Å². The van der Waals surface area contributed by atoms with Crippen molar-refractivity contribution >= 4 is 39.7 Å². The third-order valence-electron chi connectivity index (χ3n) is 4.46. The zero-order valence-electron chi connectivity index (χ0n) is 17.6. The minimum atomic E-state index is -0.728. The van der Waals surface area contributed by atoms with Gasteiger partial charge in [0.2, 0.25) is 0 Å². The van der Waals surface area contributed by atoms with Gasteiger partial charge in [-0.15, -0.1) is 0 Å². The summed E-state index contributed by atoms with van der Waals surface area (Å²) in [7, 11) is 1.42. The number of para-hydroxylation sites is 1. The van der Waals surface area contributed by atoms with E-state index in [9.17, 15) is 19.7 Å². The van der Waals surface area contributed by atoms with Crippen molar-refractivity contribution in [1.82, 2.24) is 5.43 Å². The zero-order chi connectivity index (χ0) is 24.0. The molecule has 0 aliphatic rings. The average Bonchev–Trinajstić information content (AvgIpc) is 2.80. The molecule has 3 rings (SSSR count). The minimum absolute atomic E-state index is 0.114. The largest absolute Gasteiger partial charge is 0.493 e. The number of benzene rings is 3. The van der Waals surface area contributed by atoms with E-state index in [4.69, 9.17) is 9.47 Å². The standard InChI is InChI=1S/C23H18BrN3O6/c1-14-7-9-16(10-8-14)23(29)33-21-18(24)11-15(12-20(21)32-2)13-25-26-22(28)17-5-3-4-6-19(17)27(30)31/h3-13H,1-2H3,(H,26,28)/b25-13+. The summed E-state index contributed by atoms with van der Waals surface area (Å²) >= 11 is 3.35. The molecule has 0 aliphatic carbocycles. The molecule has 168 valence electrons. The number of esters is 1. The number of nitro groups is 1. The van der Waals surface area contributed by atoms with Gasteiger partial charge in [-0.1, -0.05) is 29.8 Å². The van der Waals surface area contributed by atoms with Gasteiger partial charge in [0.1, 0.15) is 5.56 Å². The fourth-order valence-corrected chi connectivity index (χ4v) is 3.35. The first kappa shape index (κ1) is 23.6. The Labute approximate surface area is 197 Å². The Hall–Kier alpha value is -4.05. The molecule has 9 nitrogen and oxygen atoms in total. The lowest BCUT2D eigenvalue weighted by atomic mass is 10.1. The molecule has 3 aromatic carbocycles. The van der Waals surface area contributed by atoms with Gasteiger partial charge >= 0.3 is 5.97 Å². The van der Waals surface area contributed by atoms with E-state index in [1.54, 1.807) is 36.4 Å². The zero-order valence-corrected chi connectivity index (χ0v) is 19.2. The van der Waals surface area contributed by atoms with Gasteiger partial charge in [0.25, 0.3) is 11.6 Å². The van der Waals surface area contributed by atoms with Crippen molar-refractivity contribution in [2.24, 2.45) is 5.10 Å². The molecule has 33 heavy (non-hydrogen) atoms. The normalized spacial score (nSPS) is 10.6. The monoisotopic (exact) mass is 511 g/mol. The highest BCUT2D eigenvalue weighted by molar-refractivity contribution is 9.10. The summed E-state index contributed by atoms with van der Waals surface area (Å²) in [5.74, 6) is -0.833. The molecule has 0 aromatic heterocycles. The number of hydrazone groups is 1. The molecule has 0 saturated carbocycles. The molecule has 10 heteroatoms. The molecule has 0 spiro atoms. The van der Waals surface area contributed by atoms with Crippen LogP contribution in [0.5, 0.6) is 11.5 Å². The first-order valence-corrected chi connectivity index (χ1v) is 10.3. The van der Waals surface area contributed by atoms with Crippen LogP contribution in [0.25, 0.3) is 0 Å². The van der Waals surface area contributed by atoms with Crippen molar-refractivity contribution in [3.63, 3.8) is 0 Å². The predicted molar refractivity (Wildman–Crippen MR) is 125 cm³/mol. The van der Waals surface area contributed by atoms with E-state index in [1.165, 1.54) is 37.6 Å². The highest BCUT2D eigenvalue weighted by Gasteiger charge is 2.19. The second kappa shape index (κ2) is 10.5. The number of halogens is 1. The lowest BCUT2D eigenvalue weighted by Crippen LogP contribution is -2.19. The smallest absolute Gasteiger partial charge is 0.343 e. The number of ether oxygens (including phenoxy) is 2. The third-order valence-corrected chi connectivity index (χ3v) is 5.05. The number of carbonyl (C=O) groups is 2. The second-order valence-electron chi connectivity index (χ2n) is 6.76. The summed E-state index contributed by atoms with van der Waals surface area (Å²) in [6, 6.07) is 15.7. The van der Waals surface area contributed by atoms with Crippen LogP contribution in [0.2, 0.25) is 0 Å². The maximum Gasteiger partial charge on any atom is 0.343 e. The van der Waals surface area contributed by atoms with Crippen LogP contribution in [0, 0.1) is 17.0 Å².